The van der Waals surface area contributed by atoms with Crippen LogP contribution in [0.4, 0.5) is 5.69 Å². The molecule has 0 amide bonds. The van der Waals surface area contributed by atoms with Crippen molar-refractivity contribution < 1.29 is 18.1 Å². The molecule has 0 saturated carbocycles. The summed E-state index contributed by atoms with van der Waals surface area (Å²) >= 11 is 0. The molecule has 0 radical (unpaired) electrons. The van der Waals surface area contributed by atoms with Crippen LogP contribution in [-0.2, 0) is 9.84 Å². The van der Waals surface area contributed by atoms with E-state index in [9.17, 15) is 18.5 Å². The summed E-state index contributed by atoms with van der Waals surface area (Å²) in [6.07, 6.45) is 1.06. The van der Waals surface area contributed by atoms with Crippen molar-refractivity contribution in [1.29, 1.82) is 0 Å². The highest BCUT2D eigenvalue weighted by Gasteiger charge is 2.24. The maximum Gasteiger partial charge on any atom is 0.311 e. The summed E-state index contributed by atoms with van der Waals surface area (Å²) in [6, 6.07) is 2.41. The topological polar surface area (TPSA) is 86.5 Å². The molecule has 0 unspecified atom stereocenters. The minimum absolute atomic E-state index is 0.0293. The van der Waals surface area contributed by atoms with Crippen LogP contribution in [0.2, 0.25) is 0 Å². The largest absolute Gasteiger partial charge is 0.486 e. The fourth-order valence-electron chi connectivity index (χ4n) is 1.64. The molecular weight excluding hydrogens is 270 g/mol. The number of ether oxygens (including phenoxy) is 1. The predicted molar refractivity (Wildman–Crippen MR) is 71.3 cm³/mol. The molecule has 0 aliphatic rings. The van der Waals surface area contributed by atoms with Crippen molar-refractivity contribution in [2.24, 2.45) is 5.92 Å². The van der Waals surface area contributed by atoms with Crippen LogP contribution in [0.15, 0.2) is 17.0 Å². The highest BCUT2D eigenvalue weighted by atomic mass is 32.2. The molecule has 1 rings (SSSR count). The number of nitro benzene ring substituents is 1. The van der Waals surface area contributed by atoms with Gasteiger partial charge in [0, 0.05) is 17.9 Å². The zero-order chi connectivity index (χ0) is 14.8. The first-order chi connectivity index (χ1) is 8.64. The summed E-state index contributed by atoms with van der Waals surface area (Å²) < 4.78 is 28.6. The van der Waals surface area contributed by atoms with Gasteiger partial charge < -0.3 is 4.74 Å². The Kier molecular flexibility index (Phi) is 4.52. The Labute approximate surface area is 112 Å². The van der Waals surface area contributed by atoms with Gasteiger partial charge in [-0.05, 0) is 18.9 Å². The van der Waals surface area contributed by atoms with Crippen molar-refractivity contribution in [3.05, 3.63) is 27.8 Å². The van der Waals surface area contributed by atoms with Gasteiger partial charge in [-0.25, -0.2) is 8.42 Å². The van der Waals surface area contributed by atoms with Crippen molar-refractivity contribution in [1.82, 2.24) is 0 Å². The van der Waals surface area contributed by atoms with Gasteiger partial charge in [0.05, 0.1) is 16.4 Å². The molecule has 0 spiro atoms. The Bertz CT molecular complexity index is 592. The van der Waals surface area contributed by atoms with E-state index in [-0.39, 0.29) is 34.4 Å². The lowest BCUT2D eigenvalue weighted by Gasteiger charge is -2.13. The zero-order valence-corrected chi connectivity index (χ0v) is 12.2. The maximum atomic E-state index is 11.6. The summed E-state index contributed by atoms with van der Waals surface area (Å²) in [5.74, 6) is 0.211. The summed E-state index contributed by atoms with van der Waals surface area (Å²) in [4.78, 5) is 10.4. The molecule has 7 heteroatoms. The van der Waals surface area contributed by atoms with Crippen LogP contribution in [0.25, 0.3) is 0 Å². The van der Waals surface area contributed by atoms with Crippen LogP contribution in [0.1, 0.15) is 19.4 Å². The Hall–Kier alpha value is -1.63. The molecular formula is C12H17NO5S. The second kappa shape index (κ2) is 5.56. The SMILES string of the molecule is Cc1c(S(C)(=O)=O)ccc([N+](=O)[O-])c1OCC(C)C. The monoisotopic (exact) mass is 287 g/mol. The third-order valence-corrected chi connectivity index (χ3v) is 3.73. The van der Waals surface area contributed by atoms with Gasteiger partial charge in [0.1, 0.15) is 0 Å². The van der Waals surface area contributed by atoms with Gasteiger partial charge in [0.25, 0.3) is 0 Å². The minimum Gasteiger partial charge on any atom is -0.486 e. The fraction of sp³-hybridized carbons (Fsp3) is 0.500. The van der Waals surface area contributed by atoms with E-state index in [2.05, 4.69) is 0 Å². The summed E-state index contributed by atoms with van der Waals surface area (Å²) in [7, 11) is -3.44. The van der Waals surface area contributed by atoms with Gasteiger partial charge in [-0.15, -0.1) is 0 Å². The fourth-order valence-corrected chi connectivity index (χ4v) is 2.60. The molecule has 1 aromatic rings. The molecule has 106 valence electrons. The van der Waals surface area contributed by atoms with Crippen LogP contribution in [0.5, 0.6) is 5.75 Å². The van der Waals surface area contributed by atoms with Crippen LogP contribution in [0, 0.1) is 23.0 Å². The van der Waals surface area contributed by atoms with Crippen LogP contribution >= 0.6 is 0 Å². The lowest BCUT2D eigenvalue weighted by atomic mass is 10.2. The first-order valence-electron chi connectivity index (χ1n) is 5.75. The molecule has 0 atom stereocenters. The molecule has 1 aromatic carbocycles. The zero-order valence-electron chi connectivity index (χ0n) is 11.3. The molecule has 0 aliphatic carbocycles. The van der Waals surface area contributed by atoms with E-state index in [0.29, 0.717) is 0 Å². The van der Waals surface area contributed by atoms with Crippen molar-refractivity contribution in [2.45, 2.75) is 25.7 Å². The first-order valence-corrected chi connectivity index (χ1v) is 7.64. The van der Waals surface area contributed by atoms with Crippen molar-refractivity contribution in [3.8, 4) is 5.75 Å². The van der Waals surface area contributed by atoms with Gasteiger partial charge in [-0.2, -0.15) is 0 Å². The second-order valence-corrected chi connectivity index (χ2v) is 6.76. The third-order valence-electron chi connectivity index (χ3n) is 2.49. The Morgan fingerprint density at radius 1 is 1.37 bits per heavy atom. The Morgan fingerprint density at radius 2 is 1.95 bits per heavy atom. The number of hydrogen-bond acceptors (Lipinski definition) is 5. The number of nitrogens with zero attached hydrogens (tertiary/aromatic N) is 1. The highest BCUT2D eigenvalue weighted by molar-refractivity contribution is 7.90. The lowest BCUT2D eigenvalue weighted by Crippen LogP contribution is -2.09. The van der Waals surface area contributed by atoms with E-state index in [1.807, 2.05) is 13.8 Å². The Morgan fingerprint density at radius 3 is 2.37 bits per heavy atom. The quantitative estimate of drug-likeness (QED) is 0.612. The molecule has 19 heavy (non-hydrogen) atoms. The third kappa shape index (κ3) is 3.66. The molecule has 0 N–H and O–H groups in total. The first kappa shape index (κ1) is 15.4. The number of rotatable bonds is 5. The standard InChI is InChI=1S/C12H17NO5S/c1-8(2)7-18-12-9(3)11(19(4,16)17)6-5-10(12)13(14)15/h5-6,8H,7H2,1-4H3. The van der Waals surface area contributed by atoms with Gasteiger partial charge in [0.15, 0.2) is 9.84 Å². The predicted octanol–water partition coefficient (Wildman–Crippen LogP) is 2.34. The molecule has 6 nitrogen and oxygen atoms in total. The van der Waals surface area contributed by atoms with E-state index in [1.165, 1.54) is 19.1 Å². The molecule has 0 heterocycles. The van der Waals surface area contributed by atoms with E-state index in [1.54, 1.807) is 0 Å². The van der Waals surface area contributed by atoms with E-state index < -0.39 is 14.8 Å². The number of nitro groups is 1. The summed E-state index contributed by atoms with van der Waals surface area (Å²) in [5, 5.41) is 11.0. The molecule has 0 aromatic heterocycles. The number of sulfone groups is 1. The van der Waals surface area contributed by atoms with E-state index in [0.717, 1.165) is 6.26 Å². The van der Waals surface area contributed by atoms with Crippen LogP contribution < -0.4 is 4.74 Å². The average molecular weight is 287 g/mol. The number of hydrogen-bond donors (Lipinski definition) is 0. The van der Waals surface area contributed by atoms with Gasteiger partial charge in [-0.3, -0.25) is 10.1 Å². The molecule has 0 fully saturated rings. The summed E-state index contributed by atoms with van der Waals surface area (Å²) in [6.45, 7) is 5.61. The molecule has 0 bridgehead atoms. The van der Waals surface area contributed by atoms with E-state index >= 15 is 0 Å². The molecule has 0 aliphatic heterocycles. The minimum atomic E-state index is -3.44. The maximum absolute atomic E-state index is 11.6. The van der Waals surface area contributed by atoms with Crippen molar-refractivity contribution in [2.75, 3.05) is 12.9 Å². The smallest absolute Gasteiger partial charge is 0.311 e. The highest BCUT2D eigenvalue weighted by Crippen LogP contribution is 2.35. The number of benzene rings is 1. The Balaban J connectivity index is 3.40. The van der Waals surface area contributed by atoms with Crippen molar-refractivity contribution in [3.63, 3.8) is 0 Å². The second-order valence-electron chi connectivity index (χ2n) is 4.77. The van der Waals surface area contributed by atoms with Gasteiger partial charge >= 0.3 is 5.69 Å². The normalized spacial score (nSPS) is 11.6. The van der Waals surface area contributed by atoms with Crippen LogP contribution in [0.3, 0.4) is 0 Å². The van der Waals surface area contributed by atoms with Crippen molar-refractivity contribution >= 4 is 15.5 Å². The molecule has 0 saturated heterocycles. The van der Waals surface area contributed by atoms with Crippen LogP contribution in [-0.4, -0.2) is 26.2 Å². The summed E-state index contributed by atoms with van der Waals surface area (Å²) in [5.41, 5.74) is 0.0582. The van der Waals surface area contributed by atoms with E-state index in [4.69, 9.17) is 4.74 Å². The van der Waals surface area contributed by atoms with Gasteiger partial charge in [0.2, 0.25) is 5.75 Å². The lowest BCUT2D eigenvalue weighted by molar-refractivity contribution is -0.386. The average Bonchev–Trinajstić information content (AvgIpc) is 2.24. The van der Waals surface area contributed by atoms with Gasteiger partial charge in [-0.1, -0.05) is 13.8 Å².